The lowest BCUT2D eigenvalue weighted by Crippen LogP contribution is -2.45. The van der Waals surface area contributed by atoms with Gasteiger partial charge in [-0.15, -0.1) is 24.0 Å². The molecule has 3 rings (SSSR count). The Morgan fingerprint density at radius 2 is 2.00 bits per heavy atom. The van der Waals surface area contributed by atoms with Gasteiger partial charge in [-0.2, -0.15) is 4.98 Å². The van der Waals surface area contributed by atoms with Crippen LogP contribution in [0.1, 0.15) is 57.0 Å². The average Bonchev–Trinajstić information content (AvgIpc) is 3.22. The standard InChI is InChI=1S/C22H33N5O2.HI/c1-4-23-22(24-16-20-25-21(26-29-20)17(3)28-5-2)27-13-11-19(12-14-27)15-18-9-7-6-8-10-18;/h6-10,17,19H,4-5,11-16H2,1-3H3,(H,23,24);1H. The Balaban J connectivity index is 0.00000320. The van der Waals surface area contributed by atoms with E-state index < -0.39 is 0 Å². The van der Waals surface area contributed by atoms with Crippen molar-refractivity contribution in [2.24, 2.45) is 10.9 Å². The molecule has 2 heterocycles. The molecule has 1 N–H and O–H groups in total. The minimum atomic E-state index is -0.168. The monoisotopic (exact) mass is 527 g/mol. The topological polar surface area (TPSA) is 75.8 Å². The van der Waals surface area contributed by atoms with Crippen molar-refractivity contribution >= 4 is 29.9 Å². The number of aromatic nitrogens is 2. The highest BCUT2D eigenvalue weighted by molar-refractivity contribution is 14.0. The van der Waals surface area contributed by atoms with E-state index in [9.17, 15) is 0 Å². The molecule has 7 nitrogen and oxygen atoms in total. The number of guanidine groups is 1. The SMILES string of the molecule is CCNC(=NCc1nc(C(C)OCC)no1)N1CCC(Cc2ccccc2)CC1.I. The number of hydrogen-bond acceptors (Lipinski definition) is 5. The number of ether oxygens (including phenoxy) is 1. The molecule has 0 bridgehead atoms. The van der Waals surface area contributed by atoms with Crippen molar-refractivity contribution < 1.29 is 9.26 Å². The number of hydrogen-bond donors (Lipinski definition) is 1. The Bertz CT molecular complexity index is 760. The maximum Gasteiger partial charge on any atom is 0.248 e. The fourth-order valence-electron chi connectivity index (χ4n) is 3.69. The molecule has 1 atom stereocenters. The first kappa shape index (κ1) is 24.6. The molecule has 2 aromatic rings. The van der Waals surface area contributed by atoms with Gasteiger partial charge >= 0.3 is 0 Å². The molecule has 0 radical (unpaired) electrons. The fourth-order valence-corrected chi connectivity index (χ4v) is 3.69. The van der Waals surface area contributed by atoms with E-state index in [-0.39, 0.29) is 30.1 Å². The Labute approximate surface area is 196 Å². The number of rotatable bonds is 8. The largest absolute Gasteiger partial charge is 0.371 e. The summed E-state index contributed by atoms with van der Waals surface area (Å²) in [5.74, 6) is 2.74. The minimum Gasteiger partial charge on any atom is -0.371 e. The van der Waals surface area contributed by atoms with Crippen LogP contribution in [0, 0.1) is 5.92 Å². The second-order valence-corrected chi connectivity index (χ2v) is 7.43. The van der Waals surface area contributed by atoms with E-state index in [1.54, 1.807) is 0 Å². The smallest absolute Gasteiger partial charge is 0.248 e. The Kier molecular flexibility index (Phi) is 10.6. The van der Waals surface area contributed by atoms with Gasteiger partial charge in [0.15, 0.2) is 11.8 Å². The number of halogens is 1. The van der Waals surface area contributed by atoms with Crippen LogP contribution in [0.4, 0.5) is 0 Å². The van der Waals surface area contributed by atoms with Crippen molar-refractivity contribution in [2.75, 3.05) is 26.2 Å². The highest BCUT2D eigenvalue weighted by atomic mass is 127. The number of benzene rings is 1. The molecule has 1 aromatic carbocycles. The zero-order valence-electron chi connectivity index (χ0n) is 18.2. The van der Waals surface area contributed by atoms with Crippen LogP contribution in [-0.2, 0) is 17.7 Å². The van der Waals surface area contributed by atoms with E-state index in [4.69, 9.17) is 14.3 Å². The van der Waals surface area contributed by atoms with Gasteiger partial charge in [0, 0.05) is 26.2 Å². The zero-order valence-corrected chi connectivity index (χ0v) is 20.5. The Morgan fingerprint density at radius 3 is 2.67 bits per heavy atom. The summed E-state index contributed by atoms with van der Waals surface area (Å²) in [4.78, 5) is 11.5. The number of nitrogens with zero attached hydrogens (tertiary/aromatic N) is 4. The van der Waals surface area contributed by atoms with Crippen molar-refractivity contribution in [3.8, 4) is 0 Å². The summed E-state index contributed by atoms with van der Waals surface area (Å²) in [6, 6.07) is 10.8. The minimum absolute atomic E-state index is 0. The second-order valence-electron chi connectivity index (χ2n) is 7.43. The molecule has 0 spiro atoms. The van der Waals surface area contributed by atoms with Crippen LogP contribution in [0.15, 0.2) is 39.8 Å². The van der Waals surface area contributed by atoms with Crippen LogP contribution in [0.2, 0.25) is 0 Å². The van der Waals surface area contributed by atoms with Crippen LogP contribution in [0.25, 0.3) is 0 Å². The molecule has 0 amide bonds. The van der Waals surface area contributed by atoms with Gasteiger partial charge in [0.2, 0.25) is 5.89 Å². The van der Waals surface area contributed by atoms with Gasteiger partial charge in [0.1, 0.15) is 12.6 Å². The first-order valence-electron chi connectivity index (χ1n) is 10.7. The maximum atomic E-state index is 5.51. The lowest BCUT2D eigenvalue weighted by atomic mass is 9.90. The lowest BCUT2D eigenvalue weighted by Gasteiger charge is -2.34. The number of aliphatic imine (C=N–C) groups is 1. The van der Waals surface area contributed by atoms with Gasteiger partial charge in [-0.05, 0) is 51.5 Å². The van der Waals surface area contributed by atoms with Crippen LogP contribution in [0.5, 0.6) is 0 Å². The molecular weight excluding hydrogens is 493 g/mol. The molecule has 8 heteroatoms. The van der Waals surface area contributed by atoms with Crippen LogP contribution < -0.4 is 5.32 Å². The van der Waals surface area contributed by atoms with Gasteiger partial charge in [0.05, 0.1) is 0 Å². The third-order valence-corrected chi connectivity index (χ3v) is 5.24. The summed E-state index contributed by atoms with van der Waals surface area (Å²) in [5.41, 5.74) is 1.43. The highest BCUT2D eigenvalue weighted by Crippen LogP contribution is 2.22. The Morgan fingerprint density at radius 1 is 1.27 bits per heavy atom. The number of nitrogens with one attached hydrogen (secondary N) is 1. The Hall–Kier alpha value is -1.68. The van der Waals surface area contributed by atoms with E-state index in [2.05, 4.69) is 57.6 Å². The molecule has 0 saturated carbocycles. The summed E-state index contributed by atoms with van der Waals surface area (Å²) in [6.45, 7) is 9.82. The fraction of sp³-hybridized carbons (Fsp3) is 0.591. The molecule has 0 aliphatic carbocycles. The maximum absolute atomic E-state index is 5.51. The van der Waals surface area contributed by atoms with Gasteiger partial charge in [-0.25, -0.2) is 4.99 Å². The van der Waals surface area contributed by atoms with Gasteiger partial charge in [-0.3, -0.25) is 0 Å². The molecular formula is C22H34IN5O2. The highest BCUT2D eigenvalue weighted by Gasteiger charge is 2.22. The first-order valence-corrected chi connectivity index (χ1v) is 10.7. The van der Waals surface area contributed by atoms with Crippen molar-refractivity contribution in [2.45, 2.75) is 52.7 Å². The summed E-state index contributed by atoms with van der Waals surface area (Å²) in [6.07, 6.45) is 3.34. The predicted molar refractivity (Wildman–Crippen MR) is 129 cm³/mol. The zero-order chi connectivity index (χ0) is 20.5. The van der Waals surface area contributed by atoms with Crippen molar-refractivity contribution in [3.63, 3.8) is 0 Å². The van der Waals surface area contributed by atoms with Crippen molar-refractivity contribution in [1.82, 2.24) is 20.4 Å². The van der Waals surface area contributed by atoms with E-state index in [0.29, 0.717) is 24.9 Å². The first-order chi connectivity index (χ1) is 14.2. The van der Waals surface area contributed by atoms with Crippen LogP contribution in [0.3, 0.4) is 0 Å². The number of piperidine rings is 1. The molecule has 1 aromatic heterocycles. The van der Waals surface area contributed by atoms with Gasteiger partial charge in [0.25, 0.3) is 0 Å². The third kappa shape index (κ3) is 7.23. The van der Waals surface area contributed by atoms with Crippen molar-refractivity contribution in [3.05, 3.63) is 47.6 Å². The molecule has 1 fully saturated rings. The van der Waals surface area contributed by atoms with E-state index in [1.165, 1.54) is 18.4 Å². The molecule has 1 aliphatic rings. The quantitative estimate of drug-likeness (QED) is 0.315. The van der Waals surface area contributed by atoms with E-state index in [0.717, 1.165) is 37.9 Å². The summed E-state index contributed by atoms with van der Waals surface area (Å²) in [7, 11) is 0. The van der Waals surface area contributed by atoms with Gasteiger partial charge < -0.3 is 19.5 Å². The normalized spacial score (nSPS) is 16.2. The molecule has 1 aliphatic heterocycles. The predicted octanol–water partition coefficient (Wildman–Crippen LogP) is 4.21. The van der Waals surface area contributed by atoms with Crippen LogP contribution in [-0.4, -0.2) is 47.2 Å². The van der Waals surface area contributed by atoms with E-state index in [1.807, 2.05) is 13.8 Å². The summed E-state index contributed by atoms with van der Waals surface area (Å²) in [5, 5.41) is 7.40. The van der Waals surface area contributed by atoms with Crippen LogP contribution >= 0.6 is 24.0 Å². The second kappa shape index (κ2) is 12.9. The summed E-state index contributed by atoms with van der Waals surface area (Å²) >= 11 is 0. The lowest BCUT2D eigenvalue weighted by molar-refractivity contribution is 0.0683. The molecule has 1 saturated heterocycles. The molecule has 30 heavy (non-hydrogen) atoms. The average molecular weight is 527 g/mol. The summed E-state index contributed by atoms with van der Waals surface area (Å²) < 4.78 is 10.8. The molecule has 1 unspecified atom stereocenters. The van der Waals surface area contributed by atoms with Crippen molar-refractivity contribution in [1.29, 1.82) is 0 Å². The van der Waals surface area contributed by atoms with E-state index >= 15 is 0 Å². The number of likely N-dealkylation sites (tertiary alicyclic amines) is 1. The van der Waals surface area contributed by atoms with Gasteiger partial charge in [-0.1, -0.05) is 35.5 Å². The third-order valence-electron chi connectivity index (χ3n) is 5.24. The molecule has 166 valence electrons.